The molecule has 0 saturated carbocycles. The molecule has 1 aliphatic rings. The normalized spacial score (nSPS) is 14.8. The van der Waals surface area contributed by atoms with Crippen LogP contribution in [0.2, 0.25) is 0 Å². The highest BCUT2D eigenvalue weighted by Gasteiger charge is 2.34. The van der Waals surface area contributed by atoms with Crippen LogP contribution in [-0.4, -0.2) is 37.6 Å². The van der Waals surface area contributed by atoms with Gasteiger partial charge in [0.05, 0.1) is 16.8 Å². The van der Waals surface area contributed by atoms with Crippen LogP contribution in [0.25, 0.3) is 22.4 Å². The number of aromatic nitrogens is 5. The Kier molecular flexibility index (Phi) is 6.30. The van der Waals surface area contributed by atoms with Gasteiger partial charge in [0.15, 0.2) is 0 Å². The third-order valence-electron chi connectivity index (χ3n) is 6.70. The van der Waals surface area contributed by atoms with Gasteiger partial charge in [-0.25, -0.2) is 19.3 Å². The van der Waals surface area contributed by atoms with Crippen LogP contribution in [0.1, 0.15) is 35.8 Å². The molecule has 4 heterocycles. The van der Waals surface area contributed by atoms with E-state index < -0.39 is 17.6 Å². The number of hydrogen-bond acceptors (Lipinski definition) is 6. The highest BCUT2D eigenvalue weighted by Crippen LogP contribution is 2.38. The average molecular weight is 512 g/mol. The molecule has 1 fully saturated rings. The zero-order valence-electron chi connectivity index (χ0n) is 20.3. The minimum atomic E-state index is -4.78. The van der Waals surface area contributed by atoms with Gasteiger partial charge in [-0.15, -0.1) is 0 Å². The predicted molar refractivity (Wildman–Crippen MR) is 132 cm³/mol. The molecule has 0 spiro atoms. The van der Waals surface area contributed by atoms with Crippen molar-refractivity contribution in [2.24, 2.45) is 7.05 Å². The van der Waals surface area contributed by atoms with Gasteiger partial charge in [-0.05, 0) is 44.0 Å². The third-order valence-corrected chi connectivity index (χ3v) is 6.70. The average Bonchev–Trinajstić information content (AvgIpc) is 3.26. The van der Waals surface area contributed by atoms with E-state index in [1.807, 2.05) is 30.7 Å². The Labute approximate surface area is 211 Å². The van der Waals surface area contributed by atoms with Crippen LogP contribution < -0.4 is 10.6 Å². The number of pyridine rings is 1. The number of rotatable bonds is 4. The maximum atomic E-state index is 13.7. The second kappa shape index (κ2) is 9.45. The molecule has 0 atom stereocenters. The summed E-state index contributed by atoms with van der Waals surface area (Å²) in [4.78, 5) is 19.9. The number of nitrogens with zero attached hydrogens (tertiary/aromatic N) is 6. The molecule has 5 rings (SSSR count). The SMILES string of the molecule is Cc1ccc(-c2c(N)ncnc2N2CCC(c3nc(-c4ccc(F)c(C(F)(F)F)c4)cn3C)CC2)cn1. The third kappa shape index (κ3) is 4.85. The molecule has 2 N–H and O–H groups in total. The van der Waals surface area contributed by atoms with Crippen molar-refractivity contribution in [3.8, 4) is 22.4 Å². The fraction of sp³-hybridized carbons (Fsp3) is 0.308. The fourth-order valence-corrected chi connectivity index (χ4v) is 4.77. The van der Waals surface area contributed by atoms with Crippen LogP contribution in [0, 0.1) is 12.7 Å². The number of halogens is 4. The second-order valence-electron chi connectivity index (χ2n) is 9.19. The van der Waals surface area contributed by atoms with E-state index in [1.165, 1.54) is 12.4 Å². The molecular formula is C26H25F4N7. The number of anilines is 2. The summed E-state index contributed by atoms with van der Waals surface area (Å²) in [7, 11) is 1.82. The molecule has 11 heteroatoms. The molecule has 3 aromatic heterocycles. The van der Waals surface area contributed by atoms with Gasteiger partial charge in [-0.2, -0.15) is 13.2 Å². The van der Waals surface area contributed by atoms with E-state index in [4.69, 9.17) is 5.73 Å². The first-order valence-corrected chi connectivity index (χ1v) is 11.8. The summed E-state index contributed by atoms with van der Waals surface area (Å²) in [6, 6.07) is 6.82. The van der Waals surface area contributed by atoms with Crippen LogP contribution >= 0.6 is 0 Å². The van der Waals surface area contributed by atoms with E-state index in [2.05, 4.69) is 24.8 Å². The van der Waals surface area contributed by atoms with E-state index in [0.29, 0.717) is 24.6 Å². The molecule has 0 radical (unpaired) electrons. The number of nitrogen functional groups attached to an aromatic ring is 1. The van der Waals surface area contributed by atoms with Gasteiger partial charge in [-0.1, -0.05) is 6.07 Å². The molecule has 0 bridgehead atoms. The van der Waals surface area contributed by atoms with Crippen LogP contribution in [-0.2, 0) is 13.2 Å². The molecule has 37 heavy (non-hydrogen) atoms. The zero-order valence-corrected chi connectivity index (χ0v) is 20.3. The van der Waals surface area contributed by atoms with E-state index in [1.54, 1.807) is 12.4 Å². The number of alkyl halides is 3. The number of benzene rings is 1. The number of aryl methyl sites for hydroxylation is 2. The topological polar surface area (TPSA) is 85.8 Å². The Morgan fingerprint density at radius 1 is 1.00 bits per heavy atom. The lowest BCUT2D eigenvalue weighted by atomic mass is 9.95. The molecule has 1 aromatic carbocycles. The summed E-state index contributed by atoms with van der Waals surface area (Å²) in [5, 5.41) is 0. The summed E-state index contributed by atoms with van der Waals surface area (Å²) < 4.78 is 55.1. The van der Waals surface area contributed by atoms with Crippen LogP contribution in [0.4, 0.5) is 29.2 Å². The lowest BCUT2D eigenvalue weighted by Gasteiger charge is -2.33. The minimum absolute atomic E-state index is 0.0983. The monoisotopic (exact) mass is 511 g/mol. The largest absolute Gasteiger partial charge is 0.419 e. The Bertz CT molecular complexity index is 1420. The fourth-order valence-electron chi connectivity index (χ4n) is 4.77. The van der Waals surface area contributed by atoms with Gasteiger partial charge in [0.2, 0.25) is 0 Å². The molecule has 0 unspecified atom stereocenters. The maximum absolute atomic E-state index is 13.7. The molecule has 1 saturated heterocycles. The molecule has 1 aliphatic heterocycles. The summed E-state index contributed by atoms with van der Waals surface area (Å²) in [6.07, 6.45) is 1.64. The van der Waals surface area contributed by atoms with Gasteiger partial charge >= 0.3 is 6.18 Å². The van der Waals surface area contributed by atoms with Gasteiger partial charge < -0.3 is 15.2 Å². The Morgan fingerprint density at radius 2 is 1.73 bits per heavy atom. The molecule has 4 aromatic rings. The lowest BCUT2D eigenvalue weighted by Crippen LogP contribution is -2.34. The van der Waals surface area contributed by atoms with E-state index in [0.717, 1.165) is 53.4 Å². The van der Waals surface area contributed by atoms with E-state index in [-0.39, 0.29) is 11.5 Å². The summed E-state index contributed by atoms with van der Waals surface area (Å²) in [6.45, 7) is 3.28. The number of hydrogen-bond donors (Lipinski definition) is 1. The van der Waals surface area contributed by atoms with Crippen molar-refractivity contribution in [1.82, 2.24) is 24.5 Å². The van der Waals surface area contributed by atoms with Gasteiger partial charge in [0, 0.05) is 55.3 Å². The Balaban J connectivity index is 1.37. The van der Waals surface area contributed by atoms with Gasteiger partial charge in [-0.3, -0.25) is 4.98 Å². The van der Waals surface area contributed by atoms with Crippen LogP contribution in [0.15, 0.2) is 49.1 Å². The first kappa shape index (κ1) is 24.7. The first-order chi connectivity index (χ1) is 17.6. The van der Waals surface area contributed by atoms with Crippen molar-refractivity contribution < 1.29 is 17.6 Å². The van der Waals surface area contributed by atoms with Crippen molar-refractivity contribution in [1.29, 1.82) is 0 Å². The van der Waals surface area contributed by atoms with E-state index in [9.17, 15) is 17.6 Å². The standard InChI is InChI=1S/C26H25F4N7/c1-15-3-4-18(12-32-15)22-23(31)33-14-34-25(22)37-9-7-16(8-10-37)24-35-21(13-36(24)2)17-5-6-20(27)19(11-17)26(28,29)30/h3-6,11-14,16H,7-10H2,1-2H3,(H2,31,33,34). The summed E-state index contributed by atoms with van der Waals surface area (Å²) >= 11 is 0. The van der Waals surface area contributed by atoms with Crippen LogP contribution in [0.5, 0.6) is 0 Å². The lowest BCUT2D eigenvalue weighted by molar-refractivity contribution is -0.139. The first-order valence-electron chi connectivity index (χ1n) is 11.8. The highest BCUT2D eigenvalue weighted by molar-refractivity contribution is 5.83. The summed E-state index contributed by atoms with van der Waals surface area (Å²) in [5.41, 5.74) is 8.01. The van der Waals surface area contributed by atoms with Crippen molar-refractivity contribution >= 4 is 11.6 Å². The van der Waals surface area contributed by atoms with Gasteiger partial charge in [0.1, 0.15) is 29.6 Å². The predicted octanol–water partition coefficient (Wildman–Crippen LogP) is 5.37. The smallest absolute Gasteiger partial charge is 0.383 e. The van der Waals surface area contributed by atoms with Crippen molar-refractivity contribution in [3.05, 3.63) is 72.0 Å². The molecule has 0 aliphatic carbocycles. The van der Waals surface area contributed by atoms with Crippen molar-refractivity contribution in [2.75, 3.05) is 23.7 Å². The Morgan fingerprint density at radius 3 is 2.41 bits per heavy atom. The number of nitrogens with two attached hydrogens (primary N) is 1. The maximum Gasteiger partial charge on any atom is 0.419 e. The molecule has 192 valence electrons. The van der Waals surface area contributed by atoms with Gasteiger partial charge in [0.25, 0.3) is 0 Å². The number of imidazole rings is 1. The minimum Gasteiger partial charge on any atom is -0.383 e. The molecular weight excluding hydrogens is 486 g/mol. The highest BCUT2D eigenvalue weighted by atomic mass is 19.4. The molecule has 7 nitrogen and oxygen atoms in total. The van der Waals surface area contributed by atoms with Crippen molar-refractivity contribution in [2.45, 2.75) is 31.9 Å². The van der Waals surface area contributed by atoms with Crippen molar-refractivity contribution in [3.63, 3.8) is 0 Å². The number of piperidine rings is 1. The second-order valence-corrected chi connectivity index (χ2v) is 9.19. The van der Waals surface area contributed by atoms with Crippen LogP contribution in [0.3, 0.4) is 0 Å². The van der Waals surface area contributed by atoms with E-state index >= 15 is 0 Å². The molecule has 0 amide bonds. The zero-order chi connectivity index (χ0) is 26.3. The quantitative estimate of drug-likeness (QED) is 0.371. The summed E-state index contributed by atoms with van der Waals surface area (Å²) in [5.74, 6) is 0.692. The Hall–Kier alpha value is -4.02.